The molecule has 1 aromatic rings. The quantitative estimate of drug-likeness (QED) is 0.716. The van der Waals surface area contributed by atoms with Crippen LogP contribution in [0.25, 0.3) is 0 Å². The van der Waals surface area contributed by atoms with Crippen molar-refractivity contribution in [2.75, 3.05) is 12.4 Å². The largest absolute Gasteiger partial charge is 0.388 e. The maximum absolute atomic E-state index is 3.07. The molecule has 0 atom stereocenters. The monoisotopic (exact) mass is 207 g/mol. The van der Waals surface area contributed by atoms with E-state index in [-0.39, 0.29) is 0 Å². The smallest absolute Gasteiger partial charge is 0.0340 e. The molecule has 0 amide bonds. The highest BCUT2D eigenvalue weighted by molar-refractivity contribution is 5.44. The van der Waals surface area contributed by atoms with Crippen LogP contribution in [0, 0.1) is 12.3 Å². The summed E-state index contributed by atoms with van der Waals surface area (Å²) in [6, 6.07) is 8.29. The number of aryl methyl sites for hydroxylation is 1. The number of hydrogen-bond acceptors (Lipinski definition) is 1. The third kappa shape index (κ3) is 8.04. The van der Waals surface area contributed by atoms with E-state index in [1.807, 2.05) is 19.2 Å². The molecule has 1 nitrogen and oxygen atoms in total. The topological polar surface area (TPSA) is 12.0 Å². The third-order valence-corrected chi connectivity index (χ3v) is 2.37. The van der Waals surface area contributed by atoms with Crippen LogP contribution in [-0.4, -0.2) is 7.05 Å². The van der Waals surface area contributed by atoms with Crippen LogP contribution in [0.3, 0.4) is 0 Å². The fraction of sp³-hybridized carbons (Fsp3) is 0.571. The Morgan fingerprint density at radius 1 is 1.20 bits per heavy atom. The van der Waals surface area contributed by atoms with Crippen LogP contribution < -0.4 is 5.32 Å². The fourth-order valence-corrected chi connectivity index (χ4v) is 0.801. The van der Waals surface area contributed by atoms with Gasteiger partial charge in [-0.3, -0.25) is 0 Å². The Hall–Kier alpha value is -0.980. The van der Waals surface area contributed by atoms with Crippen molar-refractivity contribution >= 4 is 5.69 Å². The van der Waals surface area contributed by atoms with Crippen molar-refractivity contribution in [2.24, 2.45) is 5.41 Å². The van der Waals surface area contributed by atoms with Gasteiger partial charge in [0.15, 0.2) is 0 Å². The van der Waals surface area contributed by atoms with E-state index in [2.05, 4.69) is 52.1 Å². The van der Waals surface area contributed by atoms with Crippen LogP contribution in [0.15, 0.2) is 24.3 Å². The van der Waals surface area contributed by atoms with E-state index in [0.29, 0.717) is 5.41 Å². The van der Waals surface area contributed by atoms with Gasteiger partial charge >= 0.3 is 0 Å². The van der Waals surface area contributed by atoms with Gasteiger partial charge in [0.05, 0.1) is 0 Å². The number of benzene rings is 1. The molecule has 0 bridgehead atoms. The van der Waals surface area contributed by atoms with Crippen LogP contribution in [0.4, 0.5) is 5.69 Å². The molecule has 0 saturated carbocycles. The van der Waals surface area contributed by atoms with Gasteiger partial charge in [0.2, 0.25) is 0 Å². The van der Waals surface area contributed by atoms with Gasteiger partial charge in [-0.1, -0.05) is 46.2 Å². The first-order valence-corrected chi connectivity index (χ1v) is 5.63. The average Bonchev–Trinajstić information content (AvgIpc) is 2.18. The van der Waals surface area contributed by atoms with Crippen molar-refractivity contribution in [1.29, 1.82) is 0 Å². The molecule has 0 saturated heterocycles. The van der Waals surface area contributed by atoms with Crippen molar-refractivity contribution in [1.82, 2.24) is 0 Å². The minimum atomic E-state index is 0.542. The summed E-state index contributed by atoms with van der Waals surface area (Å²) in [5.41, 5.74) is 3.01. The summed E-state index contributed by atoms with van der Waals surface area (Å²) in [4.78, 5) is 0. The summed E-state index contributed by atoms with van der Waals surface area (Å²) in [6.07, 6.45) is 1.27. The molecule has 0 aromatic heterocycles. The van der Waals surface area contributed by atoms with Gasteiger partial charge in [0.25, 0.3) is 0 Å². The van der Waals surface area contributed by atoms with E-state index in [0.717, 1.165) is 0 Å². The summed E-state index contributed by atoms with van der Waals surface area (Å²) in [5, 5.41) is 3.07. The predicted molar refractivity (Wildman–Crippen MR) is 70.5 cm³/mol. The first kappa shape index (κ1) is 14.0. The SMILES string of the molecule is CCC(C)(C)C.CNc1cccc(C)c1. The van der Waals surface area contributed by atoms with E-state index in [1.54, 1.807) is 0 Å². The van der Waals surface area contributed by atoms with E-state index in [4.69, 9.17) is 0 Å². The molecule has 0 spiro atoms. The minimum absolute atomic E-state index is 0.542. The Balaban J connectivity index is 0.000000288. The molecule has 0 aliphatic heterocycles. The zero-order valence-electron chi connectivity index (χ0n) is 11.0. The van der Waals surface area contributed by atoms with Crippen LogP contribution in [0.2, 0.25) is 0 Å². The van der Waals surface area contributed by atoms with E-state index in [9.17, 15) is 0 Å². The van der Waals surface area contributed by atoms with Gasteiger partial charge in [0, 0.05) is 12.7 Å². The summed E-state index contributed by atoms with van der Waals surface area (Å²) < 4.78 is 0. The Bertz CT molecular complexity index is 271. The van der Waals surface area contributed by atoms with Crippen molar-refractivity contribution in [3.63, 3.8) is 0 Å². The first-order chi connectivity index (χ1) is 6.89. The van der Waals surface area contributed by atoms with Gasteiger partial charge in [0.1, 0.15) is 0 Å². The highest BCUT2D eigenvalue weighted by Crippen LogP contribution is 2.16. The lowest BCUT2D eigenvalue weighted by atomic mass is 9.94. The summed E-state index contributed by atoms with van der Waals surface area (Å²) >= 11 is 0. The van der Waals surface area contributed by atoms with E-state index in [1.165, 1.54) is 17.7 Å². The minimum Gasteiger partial charge on any atom is -0.388 e. The first-order valence-electron chi connectivity index (χ1n) is 5.63. The summed E-state index contributed by atoms with van der Waals surface area (Å²) in [5.74, 6) is 0. The molecule has 1 N–H and O–H groups in total. The average molecular weight is 207 g/mol. The van der Waals surface area contributed by atoms with Gasteiger partial charge < -0.3 is 5.32 Å². The second-order valence-electron chi connectivity index (χ2n) is 5.03. The van der Waals surface area contributed by atoms with Crippen LogP contribution in [-0.2, 0) is 0 Å². The number of hydrogen-bond donors (Lipinski definition) is 1. The lowest BCUT2D eigenvalue weighted by molar-refractivity contribution is 0.398. The third-order valence-electron chi connectivity index (χ3n) is 2.37. The molecule has 0 aliphatic carbocycles. The molecule has 0 aliphatic rings. The van der Waals surface area contributed by atoms with Crippen LogP contribution in [0.1, 0.15) is 39.7 Å². The Morgan fingerprint density at radius 3 is 2.00 bits per heavy atom. The molecule has 1 heteroatoms. The number of rotatable bonds is 1. The zero-order valence-corrected chi connectivity index (χ0v) is 11.0. The lowest BCUT2D eigenvalue weighted by Crippen LogP contribution is -2.00. The van der Waals surface area contributed by atoms with E-state index < -0.39 is 0 Å². The van der Waals surface area contributed by atoms with Crippen molar-refractivity contribution in [3.05, 3.63) is 29.8 Å². The summed E-state index contributed by atoms with van der Waals surface area (Å²) in [7, 11) is 1.93. The van der Waals surface area contributed by atoms with Crippen molar-refractivity contribution in [3.8, 4) is 0 Å². The van der Waals surface area contributed by atoms with Crippen LogP contribution >= 0.6 is 0 Å². The van der Waals surface area contributed by atoms with Gasteiger partial charge in [-0.2, -0.15) is 0 Å². The van der Waals surface area contributed by atoms with Crippen molar-refractivity contribution in [2.45, 2.75) is 41.0 Å². The molecule has 1 rings (SSSR count). The Labute approximate surface area is 94.9 Å². The number of nitrogens with one attached hydrogen (secondary N) is 1. The van der Waals surface area contributed by atoms with E-state index >= 15 is 0 Å². The van der Waals surface area contributed by atoms with Crippen molar-refractivity contribution < 1.29 is 0 Å². The molecule has 0 unspecified atom stereocenters. The van der Waals surface area contributed by atoms with Gasteiger partial charge in [-0.15, -0.1) is 0 Å². The number of anilines is 1. The zero-order chi connectivity index (χ0) is 11.9. The fourth-order valence-electron chi connectivity index (χ4n) is 0.801. The van der Waals surface area contributed by atoms with Gasteiger partial charge in [-0.05, 0) is 30.0 Å². The lowest BCUT2D eigenvalue weighted by Gasteiger charge is -2.12. The second kappa shape index (κ2) is 6.49. The molecule has 1 aromatic carbocycles. The normalized spacial score (nSPS) is 10.3. The Morgan fingerprint density at radius 2 is 1.73 bits per heavy atom. The Kier molecular flexibility index (Phi) is 6.07. The molecular formula is C14H25N. The molecular weight excluding hydrogens is 182 g/mol. The maximum atomic E-state index is 3.07. The molecule has 0 radical (unpaired) electrons. The van der Waals surface area contributed by atoms with Gasteiger partial charge in [-0.25, -0.2) is 0 Å². The predicted octanol–water partition coefficient (Wildman–Crippen LogP) is 4.48. The summed E-state index contributed by atoms with van der Waals surface area (Å²) in [6.45, 7) is 11.0. The standard InChI is InChI=1S/C8H11N.C6H14/c1-7-4-3-5-8(6-7)9-2;1-5-6(2,3)4/h3-6,9H,1-2H3;5H2,1-4H3. The second-order valence-corrected chi connectivity index (χ2v) is 5.03. The molecule has 15 heavy (non-hydrogen) atoms. The molecule has 0 fully saturated rings. The maximum Gasteiger partial charge on any atom is 0.0340 e. The highest BCUT2D eigenvalue weighted by atomic mass is 14.8. The van der Waals surface area contributed by atoms with Crippen LogP contribution in [0.5, 0.6) is 0 Å². The highest BCUT2D eigenvalue weighted by Gasteiger charge is 2.03. The molecule has 86 valence electrons. The molecule has 0 heterocycles.